The zero-order chi connectivity index (χ0) is 19.8. The van der Waals surface area contributed by atoms with E-state index in [1.54, 1.807) is 7.11 Å². The summed E-state index contributed by atoms with van der Waals surface area (Å²) >= 11 is 0. The van der Waals surface area contributed by atoms with Crippen molar-refractivity contribution in [1.29, 1.82) is 0 Å². The summed E-state index contributed by atoms with van der Waals surface area (Å²) in [6, 6.07) is 0. The van der Waals surface area contributed by atoms with Crippen LogP contribution in [-0.4, -0.2) is 60.1 Å². The van der Waals surface area contributed by atoms with Crippen LogP contribution in [0, 0.1) is 0 Å². The number of hydrogen-bond acceptors (Lipinski definition) is 5. The van der Waals surface area contributed by atoms with E-state index in [0.29, 0.717) is 6.61 Å². The first-order valence-corrected chi connectivity index (χ1v) is 15.0. The summed E-state index contributed by atoms with van der Waals surface area (Å²) in [7, 11) is -2.40. The Morgan fingerprint density at radius 3 is 1.80 bits per heavy atom. The van der Waals surface area contributed by atoms with Gasteiger partial charge in [0.25, 0.3) is 0 Å². The number of aliphatic hydroxyl groups excluding tert-OH is 1. The molecule has 0 amide bonds. The van der Waals surface area contributed by atoms with Gasteiger partial charge in [-0.2, -0.15) is 0 Å². The third kappa shape index (κ3) is 5.37. The van der Waals surface area contributed by atoms with E-state index in [4.69, 9.17) is 18.3 Å². The van der Waals surface area contributed by atoms with E-state index in [2.05, 4.69) is 67.7 Å². The number of hydrogen-bond donors (Lipinski definition) is 1. The van der Waals surface area contributed by atoms with E-state index < -0.39 is 35.1 Å². The van der Waals surface area contributed by atoms with E-state index in [-0.39, 0.29) is 16.2 Å². The van der Waals surface area contributed by atoms with Crippen molar-refractivity contribution in [3.8, 4) is 0 Å². The Morgan fingerprint density at radius 1 is 0.920 bits per heavy atom. The van der Waals surface area contributed by atoms with Crippen LogP contribution in [-0.2, 0) is 18.3 Å². The van der Waals surface area contributed by atoms with Crippen LogP contribution >= 0.6 is 0 Å². The first-order chi connectivity index (χ1) is 11.0. The molecule has 150 valence electrons. The summed E-state index contributed by atoms with van der Waals surface area (Å²) in [5.74, 6) is 0. The summed E-state index contributed by atoms with van der Waals surface area (Å²) in [5, 5.41) is 10.8. The van der Waals surface area contributed by atoms with Crippen LogP contribution in [0.4, 0.5) is 0 Å². The summed E-state index contributed by atoms with van der Waals surface area (Å²) in [4.78, 5) is 0. The van der Waals surface area contributed by atoms with Crippen molar-refractivity contribution >= 4 is 16.6 Å². The molecule has 0 saturated carbocycles. The zero-order valence-corrected chi connectivity index (χ0v) is 20.1. The van der Waals surface area contributed by atoms with Crippen molar-refractivity contribution in [1.82, 2.24) is 0 Å². The highest BCUT2D eigenvalue weighted by atomic mass is 28.4. The van der Waals surface area contributed by atoms with Gasteiger partial charge in [-0.3, -0.25) is 0 Å². The molecule has 1 saturated heterocycles. The van der Waals surface area contributed by atoms with Crippen LogP contribution in [0.2, 0.25) is 36.3 Å². The Morgan fingerprint density at radius 2 is 1.40 bits per heavy atom. The largest absolute Gasteiger partial charge is 0.414 e. The van der Waals surface area contributed by atoms with Crippen LogP contribution in [0.25, 0.3) is 0 Å². The number of methoxy groups -OCH3 is 1. The molecule has 1 fully saturated rings. The maximum atomic E-state index is 10.6. The van der Waals surface area contributed by atoms with Gasteiger partial charge in [-0.15, -0.1) is 0 Å². The van der Waals surface area contributed by atoms with Crippen molar-refractivity contribution in [2.24, 2.45) is 0 Å². The molecular formula is C18H40O5Si2. The molecule has 5 nitrogen and oxygen atoms in total. The lowest BCUT2D eigenvalue weighted by Gasteiger charge is -2.41. The number of ether oxygens (including phenoxy) is 2. The van der Waals surface area contributed by atoms with Crippen molar-refractivity contribution in [2.75, 3.05) is 13.7 Å². The van der Waals surface area contributed by atoms with Crippen LogP contribution < -0.4 is 0 Å². The predicted octanol–water partition coefficient (Wildman–Crippen LogP) is 4.13. The molecule has 0 aromatic heterocycles. The fourth-order valence-electron chi connectivity index (χ4n) is 2.20. The quantitative estimate of drug-likeness (QED) is 0.689. The molecule has 0 aliphatic carbocycles. The lowest BCUT2D eigenvalue weighted by Crippen LogP contribution is -2.51. The van der Waals surface area contributed by atoms with Crippen molar-refractivity contribution < 1.29 is 23.4 Å². The molecular weight excluding hydrogens is 352 g/mol. The summed E-state index contributed by atoms with van der Waals surface area (Å²) < 4.78 is 24.0. The molecule has 1 N–H and O–H groups in total. The number of aliphatic hydroxyl groups is 1. The van der Waals surface area contributed by atoms with Gasteiger partial charge in [0.05, 0.1) is 6.61 Å². The summed E-state index contributed by atoms with van der Waals surface area (Å²) in [6.45, 7) is 22.4. The number of rotatable bonds is 6. The SMILES string of the molecule is CO[C@@H]1O[C@H](CO[Si](C)(C)C(C)(C)C)[C@@H](O[Si](C)(C)C(C)(C)C)[C@H]1O. The van der Waals surface area contributed by atoms with E-state index in [0.717, 1.165) is 0 Å². The second-order valence-electron chi connectivity index (χ2n) is 10.2. The minimum absolute atomic E-state index is 0.0583. The highest BCUT2D eigenvalue weighted by Crippen LogP contribution is 2.41. The maximum absolute atomic E-state index is 10.6. The molecule has 0 unspecified atom stereocenters. The van der Waals surface area contributed by atoms with E-state index in [9.17, 15) is 5.11 Å². The second-order valence-corrected chi connectivity index (χ2v) is 19.7. The summed E-state index contributed by atoms with van der Waals surface area (Å²) in [5.41, 5.74) is 0. The first-order valence-electron chi connectivity index (χ1n) is 9.21. The van der Waals surface area contributed by atoms with Crippen LogP contribution in [0.1, 0.15) is 41.5 Å². The van der Waals surface area contributed by atoms with Gasteiger partial charge in [0.2, 0.25) is 0 Å². The lowest BCUT2D eigenvalue weighted by molar-refractivity contribution is -0.152. The van der Waals surface area contributed by atoms with Gasteiger partial charge in [0, 0.05) is 7.11 Å². The molecule has 0 aromatic rings. The third-order valence-corrected chi connectivity index (χ3v) is 15.1. The molecule has 0 radical (unpaired) electrons. The Hall–Kier alpha value is 0.234. The smallest absolute Gasteiger partial charge is 0.192 e. The van der Waals surface area contributed by atoms with Crippen LogP contribution in [0.3, 0.4) is 0 Å². The van der Waals surface area contributed by atoms with E-state index >= 15 is 0 Å². The van der Waals surface area contributed by atoms with Gasteiger partial charge in [-0.1, -0.05) is 41.5 Å². The Kier molecular flexibility index (Phi) is 7.16. The Bertz CT molecular complexity index is 440. The third-order valence-electron chi connectivity index (χ3n) is 6.17. The minimum Gasteiger partial charge on any atom is -0.414 e. The Balaban J connectivity index is 2.92. The molecule has 0 spiro atoms. The van der Waals surface area contributed by atoms with Gasteiger partial charge < -0.3 is 23.4 Å². The van der Waals surface area contributed by atoms with E-state index in [1.807, 2.05) is 0 Å². The van der Waals surface area contributed by atoms with Gasteiger partial charge in [-0.25, -0.2) is 0 Å². The fraction of sp³-hybridized carbons (Fsp3) is 1.00. The minimum atomic E-state index is -2.05. The average Bonchev–Trinajstić information content (AvgIpc) is 2.70. The molecule has 4 atom stereocenters. The van der Waals surface area contributed by atoms with Crippen molar-refractivity contribution in [2.45, 2.75) is 102 Å². The molecule has 1 rings (SSSR count). The molecule has 0 aromatic carbocycles. The lowest BCUT2D eigenvalue weighted by atomic mass is 10.1. The monoisotopic (exact) mass is 392 g/mol. The first kappa shape index (κ1) is 23.3. The molecule has 1 aliphatic rings. The van der Waals surface area contributed by atoms with Crippen molar-refractivity contribution in [3.05, 3.63) is 0 Å². The maximum Gasteiger partial charge on any atom is 0.192 e. The Labute approximate surface area is 156 Å². The molecule has 7 heteroatoms. The average molecular weight is 393 g/mol. The van der Waals surface area contributed by atoms with Crippen LogP contribution in [0.5, 0.6) is 0 Å². The van der Waals surface area contributed by atoms with Gasteiger partial charge in [-0.05, 0) is 36.3 Å². The molecule has 0 bridgehead atoms. The standard InChI is InChI=1S/C18H40O5Si2/c1-17(2,3)24(8,9)21-12-13-15(14(19)16(20-7)22-13)23-25(10,11)18(4,5)6/h13-16,19H,12H2,1-11H3/t13-,14-,15-,16-/m1/s1. The van der Waals surface area contributed by atoms with Gasteiger partial charge in [0.15, 0.2) is 22.9 Å². The van der Waals surface area contributed by atoms with Crippen LogP contribution in [0.15, 0.2) is 0 Å². The predicted molar refractivity (Wildman–Crippen MR) is 107 cm³/mol. The zero-order valence-electron chi connectivity index (χ0n) is 18.1. The van der Waals surface area contributed by atoms with Crippen molar-refractivity contribution in [3.63, 3.8) is 0 Å². The molecule has 25 heavy (non-hydrogen) atoms. The highest BCUT2D eigenvalue weighted by molar-refractivity contribution is 6.74. The topological polar surface area (TPSA) is 57.2 Å². The molecule has 1 aliphatic heterocycles. The highest BCUT2D eigenvalue weighted by Gasteiger charge is 2.50. The molecule has 1 heterocycles. The van der Waals surface area contributed by atoms with E-state index in [1.165, 1.54) is 0 Å². The summed E-state index contributed by atoms with van der Waals surface area (Å²) in [6.07, 6.45) is -2.20. The van der Waals surface area contributed by atoms with Gasteiger partial charge >= 0.3 is 0 Å². The fourth-order valence-corrected chi connectivity index (χ4v) is 4.54. The second kappa shape index (κ2) is 7.69. The van der Waals surface area contributed by atoms with Gasteiger partial charge in [0.1, 0.15) is 18.3 Å². The normalized spacial score (nSPS) is 29.3.